The molecule has 16 heavy (non-hydrogen) atoms. The molecule has 1 aromatic rings. The van der Waals surface area contributed by atoms with Crippen molar-refractivity contribution in [2.24, 2.45) is 0 Å². The van der Waals surface area contributed by atoms with E-state index in [0.717, 1.165) is 12.8 Å². The molecule has 0 N–H and O–H groups in total. The normalized spacial score (nSPS) is 10.2. The van der Waals surface area contributed by atoms with E-state index in [9.17, 15) is 9.18 Å². The Bertz CT molecular complexity index is 357. The van der Waals surface area contributed by atoms with E-state index in [1.54, 1.807) is 19.2 Å². The Labute approximate surface area is 100 Å². The zero-order valence-electron chi connectivity index (χ0n) is 9.25. The molecule has 1 amide bonds. The third kappa shape index (κ3) is 3.81. The summed E-state index contributed by atoms with van der Waals surface area (Å²) in [6.45, 7) is 0. The average molecular weight is 244 g/mol. The molecular weight excluding hydrogens is 229 g/mol. The lowest BCUT2D eigenvalue weighted by atomic mass is 10.2. The number of benzene rings is 1. The average Bonchev–Trinajstić information content (AvgIpc) is 2.28. The Hall–Kier alpha value is -1.09. The van der Waals surface area contributed by atoms with Crippen LogP contribution in [0.5, 0.6) is 0 Å². The van der Waals surface area contributed by atoms with E-state index in [1.165, 1.54) is 17.0 Å². The third-order valence-electron chi connectivity index (χ3n) is 2.34. The van der Waals surface area contributed by atoms with E-state index < -0.39 is 0 Å². The van der Waals surface area contributed by atoms with Crippen LogP contribution in [0.15, 0.2) is 24.3 Å². The molecule has 0 unspecified atom stereocenters. The number of nitrogens with zero attached hydrogens (tertiary/aromatic N) is 1. The summed E-state index contributed by atoms with van der Waals surface area (Å²) in [6.07, 6.45) is 2.03. The number of hydrogen-bond acceptors (Lipinski definition) is 1. The lowest BCUT2D eigenvalue weighted by Crippen LogP contribution is -2.25. The first-order chi connectivity index (χ1) is 7.65. The van der Waals surface area contributed by atoms with E-state index in [4.69, 9.17) is 11.6 Å². The lowest BCUT2D eigenvalue weighted by molar-refractivity contribution is -0.118. The number of halogens is 2. The number of carbonyl (C=O) groups is 1. The van der Waals surface area contributed by atoms with Crippen molar-refractivity contribution in [3.63, 3.8) is 0 Å². The van der Waals surface area contributed by atoms with E-state index in [2.05, 4.69) is 0 Å². The van der Waals surface area contributed by atoms with Gasteiger partial charge in [-0.15, -0.1) is 11.6 Å². The quantitative estimate of drug-likeness (QED) is 0.575. The molecule has 0 heterocycles. The van der Waals surface area contributed by atoms with Gasteiger partial charge in [0.2, 0.25) is 5.91 Å². The van der Waals surface area contributed by atoms with Crippen molar-refractivity contribution in [3.8, 4) is 0 Å². The van der Waals surface area contributed by atoms with Crippen LogP contribution in [0.1, 0.15) is 19.3 Å². The molecule has 0 radical (unpaired) electrons. The number of rotatable bonds is 5. The van der Waals surface area contributed by atoms with Crippen LogP contribution in [0.2, 0.25) is 0 Å². The molecule has 0 bridgehead atoms. The predicted octanol–water partition coefficient (Wildman–Crippen LogP) is 3.20. The van der Waals surface area contributed by atoms with Crippen molar-refractivity contribution in [2.45, 2.75) is 19.3 Å². The second-order valence-corrected chi connectivity index (χ2v) is 3.96. The van der Waals surface area contributed by atoms with E-state index in [0.29, 0.717) is 18.0 Å². The van der Waals surface area contributed by atoms with Crippen molar-refractivity contribution in [3.05, 3.63) is 30.1 Å². The summed E-state index contributed by atoms with van der Waals surface area (Å²) in [4.78, 5) is 13.2. The number of unbranched alkanes of at least 4 members (excludes halogenated alkanes) is 1. The van der Waals surface area contributed by atoms with Gasteiger partial charge >= 0.3 is 0 Å². The van der Waals surface area contributed by atoms with Crippen LogP contribution in [0.25, 0.3) is 0 Å². The molecule has 4 heteroatoms. The van der Waals surface area contributed by atoms with E-state index >= 15 is 0 Å². The Morgan fingerprint density at radius 1 is 1.44 bits per heavy atom. The maximum absolute atomic E-state index is 12.9. The molecule has 0 fully saturated rings. The van der Waals surface area contributed by atoms with Gasteiger partial charge < -0.3 is 4.90 Å². The van der Waals surface area contributed by atoms with Crippen LogP contribution in [0.4, 0.5) is 10.1 Å². The fraction of sp³-hybridized carbons (Fsp3) is 0.417. The summed E-state index contributed by atoms with van der Waals surface area (Å²) in [6, 6.07) is 6.00. The highest BCUT2D eigenvalue weighted by Crippen LogP contribution is 2.15. The summed E-state index contributed by atoms with van der Waals surface area (Å²) in [5.41, 5.74) is 0.580. The highest BCUT2D eigenvalue weighted by Gasteiger charge is 2.10. The largest absolute Gasteiger partial charge is 0.315 e. The van der Waals surface area contributed by atoms with E-state index in [1.807, 2.05) is 0 Å². The van der Waals surface area contributed by atoms with Crippen LogP contribution >= 0.6 is 11.6 Å². The molecule has 1 rings (SSSR count). The van der Waals surface area contributed by atoms with E-state index in [-0.39, 0.29) is 11.7 Å². The number of carbonyl (C=O) groups excluding carboxylic acids is 1. The first-order valence-electron chi connectivity index (χ1n) is 5.23. The second kappa shape index (κ2) is 6.48. The Balaban J connectivity index is 2.56. The summed E-state index contributed by atoms with van der Waals surface area (Å²) >= 11 is 5.53. The van der Waals surface area contributed by atoms with Crippen LogP contribution < -0.4 is 4.90 Å². The van der Waals surface area contributed by atoms with Crippen molar-refractivity contribution < 1.29 is 9.18 Å². The van der Waals surface area contributed by atoms with Gasteiger partial charge in [0.1, 0.15) is 5.82 Å². The molecule has 2 nitrogen and oxygen atoms in total. The van der Waals surface area contributed by atoms with Gasteiger partial charge in [-0.1, -0.05) is 6.07 Å². The zero-order valence-corrected chi connectivity index (χ0v) is 10.0. The number of hydrogen-bond donors (Lipinski definition) is 0. The third-order valence-corrected chi connectivity index (χ3v) is 2.61. The smallest absolute Gasteiger partial charge is 0.226 e. The van der Waals surface area contributed by atoms with Crippen molar-refractivity contribution in [1.29, 1.82) is 0 Å². The molecule has 0 aromatic heterocycles. The summed E-state index contributed by atoms with van der Waals surface area (Å²) in [5.74, 6) is 0.213. The molecule has 0 aliphatic carbocycles. The molecular formula is C12H15ClFNO. The highest BCUT2D eigenvalue weighted by atomic mass is 35.5. The molecule has 0 aliphatic heterocycles. The SMILES string of the molecule is CN(C(=O)CCCCCl)c1cccc(F)c1. The fourth-order valence-electron chi connectivity index (χ4n) is 1.37. The predicted molar refractivity (Wildman–Crippen MR) is 64.4 cm³/mol. The molecule has 0 saturated heterocycles. The summed E-state index contributed by atoms with van der Waals surface area (Å²) < 4.78 is 12.9. The molecule has 88 valence electrons. The number of alkyl halides is 1. The first kappa shape index (κ1) is 13.0. The van der Waals surface area contributed by atoms with Gasteiger partial charge in [0.15, 0.2) is 0 Å². The minimum absolute atomic E-state index is 0.0179. The van der Waals surface area contributed by atoms with Gasteiger partial charge in [-0.25, -0.2) is 4.39 Å². The molecule has 1 aromatic carbocycles. The summed E-state index contributed by atoms with van der Waals surface area (Å²) in [7, 11) is 1.65. The van der Waals surface area contributed by atoms with Gasteiger partial charge in [-0.3, -0.25) is 4.79 Å². The minimum Gasteiger partial charge on any atom is -0.315 e. The summed E-state index contributed by atoms with van der Waals surface area (Å²) in [5, 5.41) is 0. The Morgan fingerprint density at radius 2 is 2.19 bits per heavy atom. The number of anilines is 1. The maximum atomic E-state index is 12.9. The van der Waals surface area contributed by atoms with Crippen LogP contribution in [0.3, 0.4) is 0 Å². The van der Waals surface area contributed by atoms with Crippen molar-refractivity contribution in [2.75, 3.05) is 17.8 Å². The number of amides is 1. The standard InChI is InChI=1S/C12H15ClFNO/c1-15(12(16)7-2-3-8-13)11-6-4-5-10(14)9-11/h4-6,9H,2-3,7-8H2,1H3. The van der Waals surface area contributed by atoms with Crippen LogP contribution in [-0.2, 0) is 4.79 Å². The van der Waals surface area contributed by atoms with Crippen LogP contribution in [-0.4, -0.2) is 18.8 Å². The lowest BCUT2D eigenvalue weighted by Gasteiger charge is -2.17. The monoisotopic (exact) mass is 243 g/mol. The van der Waals surface area contributed by atoms with Gasteiger partial charge in [0, 0.05) is 25.0 Å². The Morgan fingerprint density at radius 3 is 2.81 bits per heavy atom. The van der Waals surface area contributed by atoms with Gasteiger partial charge in [-0.2, -0.15) is 0 Å². The van der Waals surface area contributed by atoms with Crippen LogP contribution in [0, 0.1) is 5.82 Å². The second-order valence-electron chi connectivity index (χ2n) is 3.58. The molecule has 0 atom stereocenters. The fourth-order valence-corrected chi connectivity index (χ4v) is 1.56. The maximum Gasteiger partial charge on any atom is 0.226 e. The van der Waals surface area contributed by atoms with Gasteiger partial charge in [0.25, 0.3) is 0 Å². The zero-order chi connectivity index (χ0) is 12.0. The minimum atomic E-state index is -0.335. The Kier molecular flexibility index (Phi) is 5.26. The molecule has 0 saturated carbocycles. The molecule has 0 spiro atoms. The molecule has 0 aliphatic rings. The highest BCUT2D eigenvalue weighted by molar-refractivity contribution is 6.17. The van der Waals surface area contributed by atoms with Gasteiger partial charge in [-0.05, 0) is 31.0 Å². The first-order valence-corrected chi connectivity index (χ1v) is 5.76. The van der Waals surface area contributed by atoms with Gasteiger partial charge in [0.05, 0.1) is 0 Å². The topological polar surface area (TPSA) is 20.3 Å². The van der Waals surface area contributed by atoms with Crippen molar-refractivity contribution in [1.82, 2.24) is 0 Å². The van der Waals surface area contributed by atoms with Crippen molar-refractivity contribution >= 4 is 23.2 Å².